The second-order valence-electron chi connectivity index (χ2n) is 6.54. The topological polar surface area (TPSA) is 69.8 Å². The van der Waals surface area contributed by atoms with Crippen molar-refractivity contribution in [2.24, 2.45) is 11.8 Å². The van der Waals surface area contributed by atoms with E-state index in [2.05, 4.69) is 24.0 Å². The molecule has 0 bridgehead atoms. The molecule has 2 heterocycles. The molecule has 1 fully saturated rings. The van der Waals surface area contributed by atoms with Crippen molar-refractivity contribution in [3.8, 4) is 0 Å². The summed E-state index contributed by atoms with van der Waals surface area (Å²) in [5.74, 6) is 1.27. The van der Waals surface area contributed by atoms with Crippen molar-refractivity contribution in [2.45, 2.75) is 26.7 Å². The molecule has 0 radical (unpaired) electrons. The number of carbonyl (C=O) groups excluding carboxylic acids is 1. The first-order valence-electron chi connectivity index (χ1n) is 8.01. The summed E-state index contributed by atoms with van der Waals surface area (Å²) < 4.78 is 5.21. The minimum atomic E-state index is -0.101. The lowest BCUT2D eigenvalue weighted by atomic mass is 9.96. The van der Waals surface area contributed by atoms with E-state index in [1.165, 1.54) is 0 Å². The largest absolute Gasteiger partial charge is 0.396 e. The van der Waals surface area contributed by atoms with E-state index in [9.17, 15) is 9.90 Å². The minimum Gasteiger partial charge on any atom is -0.396 e. The lowest BCUT2D eigenvalue weighted by Crippen LogP contribution is -2.32. The van der Waals surface area contributed by atoms with Crippen LogP contribution in [0, 0.1) is 11.8 Å². The van der Waals surface area contributed by atoms with E-state index >= 15 is 0 Å². The first kappa shape index (κ1) is 17.0. The zero-order valence-electron chi connectivity index (χ0n) is 14.0. The Balaban J connectivity index is 2.04. The number of likely N-dealkylation sites (tertiary alicyclic amines) is 1. The molecule has 6 nitrogen and oxygen atoms in total. The molecule has 1 amide bonds. The molecular formula is C16H27N3O3. The number of carbonyl (C=O) groups is 1. The van der Waals surface area contributed by atoms with Crippen molar-refractivity contribution in [3.63, 3.8) is 0 Å². The van der Waals surface area contributed by atoms with Gasteiger partial charge in [-0.2, -0.15) is 0 Å². The van der Waals surface area contributed by atoms with Crippen LogP contribution in [-0.2, 0) is 0 Å². The predicted octanol–water partition coefficient (Wildman–Crippen LogP) is 1.43. The lowest BCUT2D eigenvalue weighted by Gasteiger charge is -2.22. The quantitative estimate of drug-likeness (QED) is 0.861. The Morgan fingerprint density at radius 2 is 2.18 bits per heavy atom. The van der Waals surface area contributed by atoms with Gasteiger partial charge in [-0.15, -0.1) is 0 Å². The second kappa shape index (κ2) is 7.24. The number of nitrogens with zero attached hydrogens (tertiary/aromatic N) is 3. The summed E-state index contributed by atoms with van der Waals surface area (Å²) in [5, 5.41) is 13.5. The molecule has 1 saturated heterocycles. The van der Waals surface area contributed by atoms with Crippen molar-refractivity contribution in [1.29, 1.82) is 0 Å². The number of aliphatic hydroxyl groups is 1. The SMILES string of the molecule is CCN(C)C[C@@H]1CN(C(=O)c2cc(C(C)C)on2)C[C@@H]1CO. The Bertz CT molecular complexity index is 501. The molecule has 2 rings (SSSR count). The normalized spacial score (nSPS) is 22.0. The Labute approximate surface area is 132 Å². The Hall–Kier alpha value is -1.40. The number of amides is 1. The molecule has 0 spiro atoms. The van der Waals surface area contributed by atoms with Crippen LogP contribution >= 0.6 is 0 Å². The highest BCUT2D eigenvalue weighted by molar-refractivity contribution is 5.92. The number of aliphatic hydroxyl groups excluding tert-OH is 1. The van der Waals surface area contributed by atoms with E-state index in [1.54, 1.807) is 11.0 Å². The Morgan fingerprint density at radius 3 is 2.73 bits per heavy atom. The van der Waals surface area contributed by atoms with Crippen LogP contribution in [0.25, 0.3) is 0 Å². The van der Waals surface area contributed by atoms with Gasteiger partial charge < -0.3 is 19.4 Å². The molecule has 1 aromatic rings. The van der Waals surface area contributed by atoms with Gasteiger partial charge in [0.05, 0.1) is 0 Å². The van der Waals surface area contributed by atoms with Crippen LogP contribution in [0.5, 0.6) is 0 Å². The van der Waals surface area contributed by atoms with E-state index < -0.39 is 0 Å². The highest BCUT2D eigenvalue weighted by atomic mass is 16.5. The summed E-state index contributed by atoms with van der Waals surface area (Å²) in [7, 11) is 2.06. The molecule has 1 aliphatic rings. The predicted molar refractivity (Wildman–Crippen MR) is 83.7 cm³/mol. The molecule has 1 aromatic heterocycles. The van der Waals surface area contributed by atoms with Crippen LogP contribution in [-0.4, -0.2) is 65.8 Å². The van der Waals surface area contributed by atoms with Gasteiger partial charge in [-0.1, -0.05) is 25.9 Å². The van der Waals surface area contributed by atoms with Gasteiger partial charge in [0, 0.05) is 44.1 Å². The average Bonchev–Trinajstić information content (AvgIpc) is 3.13. The summed E-state index contributed by atoms with van der Waals surface area (Å²) in [6.45, 7) is 9.33. The Morgan fingerprint density at radius 1 is 1.50 bits per heavy atom. The van der Waals surface area contributed by atoms with Crippen LogP contribution < -0.4 is 0 Å². The van der Waals surface area contributed by atoms with Crippen molar-refractivity contribution in [1.82, 2.24) is 15.0 Å². The monoisotopic (exact) mass is 309 g/mol. The molecule has 1 aliphatic heterocycles. The van der Waals surface area contributed by atoms with Crippen molar-refractivity contribution in [3.05, 3.63) is 17.5 Å². The first-order valence-corrected chi connectivity index (χ1v) is 8.01. The van der Waals surface area contributed by atoms with Crippen molar-refractivity contribution < 1.29 is 14.4 Å². The summed E-state index contributed by atoms with van der Waals surface area (Å²) in [6, 6.07) is 1.73. The van der Waals surface area contributed by atoms with E-state index in [1.807, 2.05) is 13.8 Å². The fourth-order valence-corrected chi connectivity index (χ4v) is 2.87. The highest BCUT2D eigenvalue weighted by Gasteiger charge is 2.36. The van der Waals surface area contributed by atoms with Crippen LogP contribution in [0.1, 0.15) is 42.9 Å². The van der Waals surface area contributed by atoms with E-state index in [-0.39, 0.29) is 24.3 Å². The fraction of sp³-hybridized carbons (Fsp3) is 0.750. The third kappa shape index (κ3) is 3.67. The van der Waals surface area contributed by atoms with Gasteiger partial charge in [0.15, 0.2) is 5.69 Å². The average molecular weight is 309 g/mol. The molecule has 0 aliphatic carbocycles. The smallest absolute Gasteiger partial charge is 0.276 e. The molecule has 22 heavy (non-hydrogen) atoms. The standard InChI is InChI=1S/C16H27N3O3/c1-5-18(4)7-12-8-19(9-13(12)10-20)16(21)14-6-15(11(2)3)22-17-14/h6,11-13,20H,5,7-10H2,1-4H3/t12-,13-/m1/s1. The maximum Gasteiger partial charge on any atom is 0.276 e. The van der Waals surface area contributed by atoms with Crippen LogP contribution in [0.4, 0.5) is 0 Å². The summed E-state index contributed by atoms with van der Waals surface area (Å²) in [6.07, 6.45) is 0. The van der Waals surface area contributed by atoms with Crippen LogP contribution in [0.3, 0.4) is 0 Å². The number of hydrogen-bond donors (Lipinski definition) is 1. The van der Waals surface area contributed by atoms with Crippen molar-refractivity contribution >= 4 is 5.91 Å². The van der Waals surface area contributed by atoms with E-state index in [0.29, 0.717) is 24.7 Å². The summed E-state index contributed by atoms with van der Waals surface area (Å²) >= 11 is 0. The zero-order valence-corrected chi connectivity index (χ0v) is 14.0. The fourth-order valence-electron chi connectivity index (χ4n) is 2.87. The number of aromatic nitrogens is 1. The highest BCUT2D eigenvalue weighted by Crippen LogP contribution is 2.26. The first-order chi connectivity index (χ1) is 10.5. The maximum absolute atomic E-state index is 12.6. The van der Waals surface area contributed by atoms with Crippen molar-refractivity contribution in [2.75, 3.05) is 39.8 Å². The van der Waals surface area contributed by atoms with Gasteiger partial charge in [-0.25, -0.2) is 0 Å². The van der Waals surface area contributed by atoms with Gasteiger partial charge in [0.25, 0.3) is 5.91 Å². The molecule has 124 valence electrons. The van der Waals surface area contributed by atoms with Crippen LogP contribution in [0.2, 0.25) is 0 Å². The molecule has 0 aromatic carbocycles. The Kier molecular flexibility index (Phi) is 5.58. The van der Waals surface area contributed by atoms with Crippen LogP contribution in [0.15, 0.2) is 10.6 Å². The molecule has 0 saturated carbocycles. The third-order valence-corrected chi connectivity index (χ3v) is 4.50. The molecule has 6 heteroatoms. The van der Waals surface area contributed by atoms with E-state index in [4.69, 9.17) is 4.52 Å². The maximum atomic E-state index is 12.6. The minimum absolute atomic E-state index is 0.101. The van der Waals surface area contributed by atoms with Gasteiger partial charge in [-0.05, 0) is 19.5 Å². The lowest BCUT2D eigenvalue weighted by molar-refractivity contribution is 0.0769. The van der Waals surface area contributed by atoms with Gasteiger partial charge in [0.2, 0.25) is 0 Å². The number of hydrogen-bond acceptors (Lipinski definition) is 5. The second-order valence-corrected chi connectivity index (χ2v) is 6.54. The van der Waals surface area contributed by atoms with E-state index in [0.717, 1.165) is 18.8 Å². The molecule has 2 atom stereocenters. The number of rotatable bonds is 6. The third-order valence-electron chi connectivity index (χ3n) is 4.50. The molecule has 1 N–H and O–H groups in total. The van der Waals surface area contributed by atoms with Gasteiger partial charge in [0.1, 0.15) is 5.76 Å². The molecular weight excluding hydrogens is 282 g/mol. The van der Waals surface area contributed by atoms with Gasteiger partial charge >= 0.3 is 0 Å². The molecule has 0 unspecified atom stereocenters. The van der Waals surface area contributed by atoms with Gasteiger partial charge in [-0.3, -0.25) is 4.79 Å². The summed E-state index contributed by atoms with van der Waals surface area (Å²) in [5.41, 5.74) is 0.366. The summed E-state index contributed by atoms with van der Waals surface area (Å²) in [4.78, 5) is 16.6. The zero-order chi connectivity index (χ0) is 16.3.